The molecule has 1 saturated heterocycles. The summed E-state index contributed by atoms with van der Waals surface area (Å²) in [5.74, 6) is -1.16. The van der Waals surface area contributed by atoms with Gasteiger partial charge in [0.15, 0.2) is 0 Å². The zero-order valence-electron chi connectivity index (χ0n) is 7.45. The van der Waals surface area contributed by atoms with E-state index in [0.717, 1.165) is 4.90 Å². The van der Waals surface area contributed by atoms with Gasteiger partial charge in [0.2, 0.25) is 17.7 Å². The van der Waals surface area contributed by atoms with Gasteiger partial charge >= 0.3 is 0 Å². The fourth-order valence-corrected chi connectivity index (χ4v) is 1.31. The summed E-state index contributed by atoms with van der Waals surface area (Å²) in [7, 11) is 0. The van der Waals surface area contributed by atoms with Gasteiger partial charge < -0.3 is 5.73 Å². The molecule has 0 spiro atoms. The van der Waals surface area contributed by atoms with Gasteiger partial charge in [-0.25, -0.2) is 0 Å². The maximum atomic E-state index is 11.3. The fraction of sp³-hybridized carbons (Fsp3) is 0.625. The molecule has 1 rings (SSSR count). The summed E-state index contributed by atoms with van der Waals surface area (Å²) in [5, 5.41) is 0. The Balaban J connectivity index is 2.54. The number of nitrogens with two attached hydrogens (primary N) is 1. The molecule has 2 N–H and O–H groups in total. The van der Waals surface area contributed by atoms with E-state index in [9.17, 15) is 14.4 Å². The number of hydrogen-bond donors (Lipinski definition) is 1. The van der Waals surface area contributed by atoms with Crippen LogP contribution in [0.15, 0.2) is 0 Å². The lowest BCUT2D eigenvalue weighted by Gasteiger charge is -2.12. The van der Waals surface area contributed by atoms with E-state index in [1.54, 1.807) is 6.92 Å². The van der Waals surface area contributed by atoms with Crippen LogP contribution in [0.2, 0.25) is 0 Å². The van der Waals surface area contributed by atoms with Gasteiger partial charge in [-0.1, -0.05) is 6.92 Å². The lowest BCUT2D eigenvalue weighted by Crippen LogP contribution is -2.33. The molecule has 1 unspecified atom stereocenters. The van der Waals surface area contributed by atoms with Crippen LogP contribution < -0.4 is 5.73 Å². The Morgan fingerprint density at radius 2 is 2.23 bits per heavy atom. The molecule has 0 aromatic heterocycles. The summed E-state index contributed by atoms with van der Waals surface area (Å²) in [6.07, 6.45) is 0.293. The van der Waals surface area contributed by atoms with Crippen LogP contribution in [0.4, 0.5) is 0 Å². The van der Waals surface area contributed by atoms with Gasteiger partial charge in [0.05, 0.1) is 0 Å². The van der Waals surface area contributed by atoms with E-state index >= 15 is 0 Å². The standard InChI is InChI=1S/C8H12N2O3/c1-5-4-7(12)10(8(5)13)3-2-6(9)11/h5H,2-4H2,1H3,(H2,9,11). The second kappa shape index (κ2) is 3.55. The third-order valence-electron chi connectivity index (χ3n) is 2.05. The fourth-order valence-electron chi connectivity index (χ4n) is 1.31. The number of likely N-dealkylation sites (tertiary alicyclic amines) is 1. The van der Waals surface area contributed by atoms with Crippen LogP contribution in [0.1, 0.15) is 19.8 Å². The lowest BCUT2D eigenvalue weighted by atomic mass is 10.1. The zero-order valence-corrected chi connectivity index (χ0v) is 7.45. The van der Waals surface area contributed by atoms with E-state index < -0.39 is 5.91 Å². The Hall–Kier alpha value is -1.39. The van der Waals surface area contributed by atoms with Crippen molar-refractivity contribution in [2.75, 3.05) is 6.54 Å². The first-order chi connectivity index (χ1) is 6.02. The van der Waals surface area contributed by atoms with Crippen molar-refractivity contribution in [2.45, 2.75) is 19.8 Å². The van der Waals surface area contributed by atoms with Crippen LogP contribution in [0.3, 0.4) is 0 Å². The second-order valence-corrected chi connectivity index (χ2v) is 3.21. The number of primary amides is 1. The molecule has 1 aliphatic heterocycles. The van der Waals surface area contributed by atoms with Gasteiger partial charge in [0.1, 0.15) is 0 Å². The van der Waals surface area contributed by atoms with Crippen LogP contribution >= 0.6 is 0 Å². The van der Waals surface area contributed by atoms with Crippen LogP contribution in [0.25, 0.3) is 0 Å². The molecule has 0 aromatic carbocycles. The molecule has 5 heteroatoms. The SMILES string of the molecule is CC1CC(=O)N(CCC(N)=O)C1=O. The van der Waals surface area contributed by atoms with Crippen LogP contribution in [0, 0.1) is 5.92 Å². The minimum Gasteiger partial charge on any atom is -0.370 e. The van der Waals surface area contributed by atoms with Gasteiger partial charge in [-0.15, -0.1) is 0 Å². The van der Waals surface area contributed by atoms with E-state index in [2.05, 4.69) is 0 Å². The van der Waals surface area contributed by atoms with E-state index in [1.807, 2.05) is 0 Å². The molecule has 1 fully saturated rings. The van der Waals surface area contributed by atoms with E-state index in [0.29, 0.717) is 0 Å². The first-order valence-corrected chi connectivity index (χ1v) is 4.15. The minimum atomic E-state index is -0.500. The number of carbonyl (C=O) groups is 3. The number of amides is 3. The first kappa shape index (κ1) is 9.70. The van der Waals surface area contributed by atoms with Crippen molar-refractivity contribution in [1.82, 2.24) is 4.90 Å². The van der Waals surface area contributed by atoms with E-state index in [-0.39, 0.29) is 37.1 Å². The lowest BCUT2D eigenvalue weighted by molar-refractivity contribution is -0.139. The summed E-state index contributed by atoms with van der Waals surface area (Å²) in [6.45, 7) is 1.82. The molecule has 5 nitrogen and oxygen atoms in total. The van der Waals surface area contributed by atoms with Gasteiger partial charge in [0, 0.05) is 25.3 Å². The highest BCUT2D eigenvalue weighted by atomic mass is 16.2. The highest BCUT2D eigenvalue weighted by Crippen LogP contribution is 2.18. The van der Waals surface area contributed by atoms with Crippen LogP contribution in [0.5, 0.6) is 0 Å². The molecule has 1 heterocycles. The second-order valence-electron chi connectivity index (χ2n) is 3.21. The molecule has 0 aliphatic carbocycles. The molecular formula is C8H12N2O3. The Morgan fingerprint density at radius 3 is 2.62 bits per heavy atom. The number of nitrogens with zero attached hydrogens (tertiary/aromatic N) is 1. The maximum absolute atomic E-state index is 11.3. The monoisotopic (exact) mass is 184 g/mol. The predicted octanol–water partition coefficient (Wildman–Crippen LogP) is -0.743. The Labute approximate surface area is 75.9 Å². The Morgan fingerprint density at radius 1 is 1.62 bits per heavy atom. The van der Waals surface area contributed by atoms with E-state index in [4.69, 9.17) is 5.73 Å². The molecule has 13 heavy (non-hydrogen) atoms. The van der Waals surface area contributed by atoms with Gasteiger partial charge in [-0.3, -0.25) is 19.3 Å². The number of carbonyl (C=O) groups excluding carboxylic acids is 3. The molecule has 1 atom stereocenters. The normalized spacial score (nSPS) is 22.5. The minimum absolute atomic E-state index is 0.0458. The molecular weight excluding hydrogens is 172 g/mol. The van der Waals surface area contributed by atoms with Crippen molar-refractivity contribution in [3.8, 4) is 0 Å². The third-order valence-corrected chi connectivity index (χ3v) is 2.05. The van der Waals surface area contributed by atoms with Crippen LogP contribution in [-0.2, 0) is 14.4 Å². The number of rotatable bonds is 3. The molecule has 0 aromatic rings. The largest absolute Gasteiger partial charge is 0.370 e. The van der Waals surface area contributed by atoms with Crippen molar-refractivity contribution < 1.29 is 14.4 Å². The van der Waals surface area contributed by atoms with Crippen molar-refractivity contribution in [3.63, 3.8) is 0 Å². The summed E-state index contributed by atoms with van der Waals surface area (Å²) < 4.78 is 0. The van der Waals surface area contributed by atoms with Gasteiger partial charge in [-0.05, 0) is 0 Å². The van der Waals surface area contributed by atoms with Crippen molar-refractivity contribution in [3.05, 3.63) is 0 Å². The molecule has 0 saturated carbocycles. The maximum Gasteiger partial charge on any atom is 0.232 e. The average molecular weight is 184 g/mol. The third kappa shape index (κ3) is 2.05. The number of imide groups is 1. The summed E-state index contributed by atoms with van der Waals surface area (Å²) >= 11 is 0. The molecule has 0 radical (unpaired) electrons. The first-order valence-electron chi connectivity index (χ1n) is 4.15. The molecule has 0 bridgehead atoms. The predicted molar refractivity (Wildman–Crippen MR) is 44.3 cm³/mol. The van der Waals surface area contributed by atoms with E-state index in [1.165, 1.54) is 0 Å². The Kier molecular flexibility index (Phi) is 2.65. The topological polar surface area (TPSA) is 80.5 Å². The summed E-state index contributed by atoms with van der Waals surface area (Å²) in [6, 6.07) is 0. The summed E-state index contributed by atoms with van der Waals surface area (Å²) in [5.41, 5.74) is 4.91. The highest BCUT2D eigenvalue weighted by molar-refractivity contribution is 6.03. The quantitative estimate of drug-likeness (QED) is 0.586. The molecule has 3 amide bonds. The highest BCUT2D eigenvalue weighted by Gasteiger charge is 2.35. The molecule has 72 valence electrons. The van der Waals surface area contributed by atoms with Gasteiger partial charge in [-0.2, -0.15) is 0 Å². The van der Waals surface area contributed by atoms with Crippen molar-refractivity contribution in [1.29, 1.82) is 0 Å². The number of hydrogen-bond acceptors (Lipinski definition) is 3. The Bertz CT molecular complexity index is 262. The van der Waals surface area contributed by atoms with Crippen molar-refractivity contribution in [2.24, 2.45) is 11.7 Å². The van der Waals surface area contributed by atoms with Gasteiger partial charge in [0.25, 0.3) is 0 Å². The smallest absolute Gasteiger partial charge is 0.232 e. The van der Waals surface area contributed by atoms with Crippen molar-refractivity contribution >= 4 is 17.7 Å². The zero-order chi connectivity index (χ0) is 10.0. The average Bonchev–Trinajstić information content (AvgIpc) is 2.24. The van der Waals surface area contributed by atoms with Crippen LogP contribution in [-0.4, -0.2) is 29.2 Å². The summed E-state index contributed by atoms with van der Waals surface area (Å²) in [4.78, 5) is 34.0. The molecule has 1 aliphatic rings.